The zero-order valence-corrected chi connectivity index (χ0v) is 14.4. The molecule has 2 aromatic carbocycles. The van der Waals surface area contributed by atoms with E-state index in [0.29, 0.717) is 25.9 Å². The molecule has 0 bridgehead atoms. The first-order valence-corrected chi connectivity index (χ1v) is 8.19. The van der Waals surface area contributed by atoms with Crippen LogP contribution < -0.4 is 15.4 Å². The summed E-state index contributed by atoms with van der Waals surface area (Å²) in [5, 5.41) is 5.43. The number of hydrogen-bond acceptors (Lipinski definition) is 2. The summed E-state index contributed by atoms with van der Waals surface area (Å²) in [5.41, 5.74) is 1.14. The quantitative estimate of drug-likeness (QED) is 0.783. The van der Waals surface area contributed by atoms with Crippen LogP contribution in [0, 0.1) is 0 Å². The summed E-state index contributed by atoms with van der Waals surface area (Å²) in [7, 11) is 1.60. The van der Waals surface area contributed by atoms with Gasteiger partial charge in [-0.2, -0.15) is 13.2 Å². The molecule has 0 fully saturated rings. The highest BCUT2D eigenvalue weighted by Gasteiger charge is 2.29. The van der Waals surface area contributed by atoms with E-state index in [1.165, 1.54) is 12.1 Å². The average molecular weight is 366 g/mol. The van der Waals surface area contributed by atoms with E-state index in [1.54, 1.807) is 7.11 Å². The zero-order valence-electron chi connectivity index (χ0n) is 14.4. The van der Waals surface area contributed by atoms with Crippen LogP contribution in [0.15, 0.2) is 48.5 Å². The standard InChI is InChI=1S/C19H21F3N2O2/c1-26-17-8-4-15(5-9-17)11-13-24-18(25)23-12-10-14-2-6-16(7-3-14)19(20,21)22/h2-9H,10-13H2,1H3,(H2,23,24,25). The maximum atomic E-state index is 12.5. The SMILES string of the molecule is COc1ccc(CCNC(=O)NCCc2ccc(C(F)(F)F)cc2)cc1. The Kier molecular flexibility index (Phi) is 6.89. The molecule has 26 heavy (non-hydrogen) atoms. The number of nitrogens with one attached hydrogen (secondary N) is 2. The molecule has 0 saturated heterocycles. The van der Waals surface area contributed by atoms with E-state index in [9.17, 15) is 18.0 Å². The molecule has 0 spiro atoms. The first kappa shape index (κ1) is 19.6. The molecule has 0 aliphatic heterocycles. The van der Waals surface area contributed by atoms with Gasteiger partial charge in [0.25, 0.3) is 0 Å². The first-order valence-electron chi connectivity index (χ1n) is 8.19. The molecule has 2 amide bonds. The Morgan fingerprint density at radius 1 is 0.885 bits per heavy atom. The van der Waals surface area contributed by atoms with Crippen LogP contribution in [0.4, 0.5) is 18.0 Å². The number of carbonyl (C=O) groups is 1. The largest absolute Gasteiger partial charge is 0.497 e. The van der Waals surface area contributed by atoms with Crippen molar-refractivity contribution in [2.45, 2.75) is 19.0 Å². The van der Waals surface area contributed by atoms with Crippen LogP contribution in [-0.2, 0) is 19.0 Å². The maximum Gasteiger partial charge on any atom is 0.416 e. The molecule has 0 saturated carbocycles. The van der Waals surface area contributed by atoms with E-state index in [2.05, 4.69) is 10.6 Å². The lowest BCUT2D eigenvalue weighted by molar-refractivity contribution is -0.137. The lowest BCUT2D eigenvalue weighted by Gasteiger charge is -2.09. The Morgan fingerprint density at radius 3 is 1.77 bits per heavy atom. The fraction of sp³-hybridized carbons (Fsp3) is 0.316. The summed E-state index contributed by atoms with van der Waals surface area (Å²) >= 11 is 0. The van der Waals surface area contributed by atoms with Crippen LogP contribution in [0.5, 0.6) is 5.75 Å². The number of benzene rings is 2. The topological polar surface area (TPSA) is 50.4 Å². The molecular weight excluding hydrogens is 345 g/mol. The minimum Gasteiger partial charge on any atom is -0.497 e. The van der Waals surface area contributed by atoms with Crippen LogP contribution in [-0.4, -0.2) is 26.2 Å². The normalized spacial score (nSPS) is 11.1. The van der Waals surface area contributed by atoms with Gasteiger partial charge in [-0.15, -0.1) is 0 Å². The third-order valence-electron chi connectivity index (χ3n) is 3.84. The third-order valence-corrected chi connectivity index (χ3v) is 3.84. The number of rotatable bonds is 7. The van der Waals surface area contributed by atoms with Crippen molar-refractivity contribution in [3.05, 3.63) is 65.2 Å². The van der Waals surface area contributed by atoms with Gasteiger partial charge in [0.2, 0.25) is 0 Å². The highest BCUT2D eigenvalue weighted by Crippen LogP contribution is 2.29. The van der Waals surface area contributed by atoms with Gasteiger partial charge in [-0.05, 0) is 48.2 Å². The molecule has 0 heterocycles. The number of methoxy groups -OCH3 is 1. The number of amides is 2. The monoisotopic (exact) mass is 366 g/mol. The molecule has 0 aromatic heterocycles. The summed E-state index contributed by atoms with van der Waals surface area (Å²) in [6.45, 7) is 0.832. The summed E-state index contributed by atoms with van der Waals surface area (Å²) < 4.78 is 42.5. The molecule has 0 aliphatic rings. The highest BCUT2D eigenvalue weighted by atomic mass is 19.4. The molecule has 4 nitrogen and oxygen atoms in total. The number of urea groups is 1. The molecule has 2 rings (SSSR count). The van der Waals surface area contributed by atoms with Gasteiger partial charge in [-0.3, -0.25) is 0 Å². The third kappa shape index (κ3) is 6.31. The first-order chi connectivity index (χ1) is 12.4. The second kappa shape index (κ2) is 9.12. The number of halogens is 3. The van der Waals surface area contributed by atoms with Crippen molar-refractivity contribution in [1.82, 2.24) is 10.6 Å². The lowest BCUT2D eigenvalue weighted by atomic mass is 10.1. The molecule has 140 valence electrons. The van der Waals surface area contributed by atoms with Gasteiger partial charge in [0, 0.05) is 13.1 Å². The van der Waals surface area contributed by atoms with Crippen molar-refractivity contribution >= 4 is 6.03 Å². The maximum absolute atomic E-state index is 12.5. The number of carbonyl (C=O) groups excluding carboxylic acids is 1. The Balaban J connectivity index is 1.65. The highest BCUT2D eigenvalue weighted by molar-refractivity contribution is 5.73. The van der Waals surface area contributed by atoms with E-state index < -0.39 is 11.7 Å². The Bertz CT molecular complexity index is 698. The Hall–Kier alpha value is -2.70. The van der Waals surface area contributed by atoms with Gasteiger partial charge in [-0.25, -0.2) is 4.79 Å². The molecule has 0 aliphatic carbocycles. The van der Waals surface area contributed by atoms with E-state index in [0.717, 1.165) is 29.0 Å². The molecular formula is C19H21F3N2O2. The average Bonchev–Trinajstić information content (AvgIpc) is 2.62. The minimum absolute atomic E-state index is 0.301. The lowest BCUT2D eigenvalue weighted by Crippen LogP contribution is -2.37. The van der Waals surface area contributed by atoms with Gasteiger partial charge >= 0.3 is 12.2 Å². The van der Waals surface area contributed by atoms with Crippen LogP contribution >= 0.6 is 0 Å². The van der Waals surface area contributed by atoms with Gasteiger partial charge in [-0.1, -0.05) is 24.3 Å². The summed E-state index contributed by atoms with van der Waals surface area (Å²) in [5.74, 6) is 0.780. The van der Waals surface area contributed by atoms with Crippen molar-refractivity contribution in [1.29, 1.82) is 0 Å². The zero-order chi connectivity index (χ0) is 19.0. The van der Waals surface area contributed by atoms with Crippen molar-refractivity contribution in [3.63, 3.8) is 0 Å². The van der Waals surface area contributed by atoms with Crippen molar-refractivity contribution in [3.8, 4) is 5.75 Å². The summed E-state index contributed by atoms with van der Waals surface area (Å²) in [6.07, 6.45) is -3.18. The molecule has 2 N–H and O–H groups in total. The van der Waals surface area contributed by atoms with Crippen LogP contribution in [0.3, 0.4) is 0 Å². The Labute approximate surface area is 150 Å². The van der Waals surface area contributed by atoms with Crippen molar-refractivity contribution < 1.29 is 22.7 Å². The van der Waals surface area contributed by atoms with E-state index >= 15 is 0 Å². The van der Waals surface area contributed by atoms with Gasteiger partial charge in [0.1, 0.15) is 5.75 Å². The number of ether oxygens (including phenoxy) is 1. The molecule has 0 unspecified atom stereocenters. The predicted octanol–water partition coefficient (Wildman–Crippen LogP) is 3.80. The molecule has 0 radical (unpaired) electrons. The minimum atomic E-state index is -4.33. The summed E-state index contributed by atoms with van der Waals surface area (Å²) in [4.78, 5) is 11.7. The molecule has 7 heteroatoms. The van der Waals surface area contributed by atoms with E-state index in [-0.39, 0.29) is 6.03 Å². The van der Waals surface area contributed by atoms with Crippen LogP contribution in [0.1, 0.15) is 16.7 Å². The molecule has 2 aromatic rings. The van der Waals surface area contributed by atoms with Crippen LogP contribution in [0.25, 0.3) is 0 Å². The van der Waals surface area contributed by atoms with Gasteiger partial charge in [0.05, 0.1) is 12.7 Å². The van der Waals surface area contributed by atoms with Crippen molar-refractivity contribution in [2.24, 2.45) is 0 Å². The Morgan fingerprint density at radius 2 is 1.35 bits per heavy atom. The fourth-order valence-corrected chi connectivity index (χ4v) is 2.36. The molecule has 0 atom stereocenters. The predicted molar refractivity (Wildman–Crippen MR) is 93.2 cm³/mol. The fourth-order valence-electron chi connectivity index (χ4n) is 2.36. The number of alkyl halides is 3. The van der Waals surface area contributed by atoms with Crippen LogP contribution in [0.2, 0.25) is 0 Å². The smallest absolute Gasteiger partial charge is 0.416 e. The second-order valence-electron chi connectivity index (χ2n) is 5.73. The van der Waals surface area contributed by atoms with Gasteiger partial charge in [0.15, 0.2) is 0 Å². The van der Waals surface area contributed by atoms with E-state index in [4.69, 9.17) is 4.74 Å². The summed E-state index contributed by atoms with van der Waals surface area (Å²) in [6, 6.07) is 12.2. The number of hydrogen-bond donors (Lipinski definition) is 2. The van der Waals surface area contributed by atoms with Crippen molar-refractivity contribution in [2.75, 3.05) is 20.2 Å². The van der Waals surface area contributed by atoms with E-state index in [1.807, 2.05) is 24.3 Å². The van der Waals surface area contributed by atoms with Gasteiger partial charge < -0.3 is 15.4 Å². The second-order valence-corrected chi connectivity index (χ2v) is 5.73.